The van der Waals surface area contributed by atoms with Gasteiger partial charge in [-0.2, -0.15) is 0 Å². The molecule has 0 spiro atoms. The van der Waals surface area contributed by atoms with E-state index < -0.39 is 6.17 Å². The zero-order chi connectivity index (χ0) is 10.3. The van der Waals surface area contributed by atoms with Gasteiger partial charge in [-0.15, -0.1) is 12.4 Å². The van der Waals surface area contributed by atoms with Gasteiger partial charge >= 0.3 is 0 Å². The van der Waals surface area contributed by atoms with Crippen molar-refractivity contribution in [3.8, 4) is 0 Å². The van der Waals surface area contributed by atoms with E-state index >= 15 is 0 Å². The van der Waals surface area contributed by atoms with Crippen molar-refractivity contribution < 1.29 is 9.18 Å². The topological polar surface area (TPSA) is 41.1 Å². The maximum absolute atomic E-state index is 12.8. The van der Waals surface area contributed by atoms with E-state index in [-0.39, 0.29) is 35.8 Å². The fourth-order valence-electron chi connectivity index (χ4n) is 1.88. The van der Waals surface area contributed by atoms with Crippen LogP contribution in [0.4, 0.5) is 4.39 Å². The Balaban J connectivity index is 0.00000112. The van der Waals surface area contributed by atoms with Gasteiger partial charge in [0.05, 0.1) is 6.04 Å². The summed E-state index contributed by atoms with van der Waals surface area (Å²) in [6.07, 6.45) is 0.488. The van der Waals surface area contributed by atoms with Crippen LogP contribution >= 0.6 is 12.4 Å². The predicted molar refractivity (Wildman–Crippen MR) is 58.9 cm³/mol. The highest BCUT2D eigenvalue weighted by molar-refractivity contribution is 5.85. The summed E-state index contributed by atoms with van der Waals surface area (Å²) in [5.74, 6) is -0.0410. The first-order valence-corrected chi connectivity index (χ1v) is 5.17. The monoisotopic (exact) mass is 236 g/mol. The summed E-state index contributed by atoms with van der Waals surface area (Å²) in [7, 11) is 0. The molecule has 1 saturated heterocycles. The fourth-order valence-corrected chi connectivity index (χ4v) is 1.88. The molecule has 0 bridgehead atoms. The summed E-state index contributed by atoms with van der Waals surface area (Å²) in [4.78, 5) is 11.6. The molecule has 0 radical (unpaired) electrons. The second-order valence-electron chi connectivity index (χ2n) is 5.05. The van der Waals surface area contributed by atoms with E-state index in [1.54, 1.807) is 0 Å². The van der Waals surface area contributed by atoms with Crippen molar-refractivity contribution in [2.24, 2.45) is 5.41 Å². The van der Waals surface area contributed by atoms with E-state index in [1.165, 1.54) is 0 Å². The van der Waals surface area contributed by atoms with E-state index in [1.807, 2.05) is 0 Å². The molecule has 2 N–H and O–H groups in total. The van der Waals surface area contributed by atoms with Crippen LogP contribution < -0.4 is 10.6 Å². The average Bonchev–Trinajstić information content (AvgIpc) is 2.52. The molecule has 1 amide bonds. The van der Waals surface area contributed by atoms with Crippen LogP contribution in [-0.4, -0.2) is 30.7 Å². The number of halogens is 2. The summed E-state index contributed by atoms with van der Waals surface area (Å²) < 4.78 is 12.8. The molecule has 2 rings (SSSR count). The molecule has 0 aromatic rings. The first-order chi connectivity index (χ1) is 6.49. The summed E-state index contributed by atoms with van der Waals surface area (Å²) in [5, 5.41) is 5.82. The van der Waals surface area contributed by atoms with Crippen LogP contribution in [-0.2, 0) is 4.79 Å². The van der Waals surface area contributed by atoms with Gasteiger partial charge in [0.25, 0.3) is 0 Å². The van der Waals surface area contributed by atoms with Gasteiger partial charge in [-0.3, -0.25) is 4.79 Å². The van der Waals surface area contributed by atoms with Crippen molar-refractivity contribution in [2.45, 2.75) is 44.9 Å². The van der Waals surface area contributed by atoms with Crippen LogP contribution in [0.1, 0.15) is 26.7 Å². The quantitative estimate of drug-likeness (QED) is 0.752. The number of amides is 1. The molecule has 2 aliphatic rings. The summed E-state index contributed by atoms with van der Waals surface area (Å²) in [6.45, 7) is 4.56. The largest absolute Gasteiger partial charge is 0.351 e. The first-order valence-electron chi connectivity index (χ1n) is 5.17. The Labute approximate surface area is 95.6 Å². The van der Waals surface area contributed by atoms with Gasteiger partial charge in [0.2, 0.25) is 5.91 Å². The minimum Gasteiger partial charge on any atom is -0.351 e. The van der Waals surface area contributed by atoms with Crippen LogP contribution in [0.3, 0.4) is 0 Å². The third-order valence-corrected chi connectivity index (χ3v) is 3.22. The Kier molecular flexibility index (Phi) is 3.61. The number of rotatable bonds is 2. The highest BCUT2D eigenvalue weighted by atomic mass is 35.5. The van der Waals surface area contributed by atoms with Crippen molar-refractivity contribution >= 4 is 18.3 Å². The normalized spacial score (nSPS) is 36.9. The van der Waals surface area contributed by atoms with Crippen LogP contribution in [0.15, 0.2) is 0 Å². The van der Waals surface area contributed by atoms with Crippen molar-refractivity contribution in [2.75, 3.05) is 6.54 Å². The second-order valence-corrected chi connectivity index (χ2v) is 5.05. The lowest BCUT2D eigenvalue weighted by Gasteiger charge is -2.11. The number of alkyl halides is 1. The Morgan fingerprint density at radius 3 is 2.53 bits per heavy atom. The maximum atomic E-state index is 12.8. The first kappa shape index (κ1) is 12.7. The zero-order valence-electron chi connectivity index (χ0n) is 9.05. The molecule has 1 saturated carbocycles. The standard InChI is InChI=1S/C10H17FN2O.ClH/c1-10(2)4-8(10)13-9(14)7-3-6(11)5-12-7;/h6-8,12H,3-5H2,1-2H3,(H,13,14);1H/t6-,7+,8?;/m0./s1. The number of nitrogens with one attached hydrogen (secondary N) is 2. The third-order valence-electron chi connectivity index (χ3n) is 3.22. The van der Waals surface area contributed by atoms with Gasteiger partial charge in [0.15, 0.2) is 0 Å². The van der Waals surface area contributed by atoms with Gasteiger partial charge < -0.3 is 10.6 Å². The molecular weight excluding hydrogens is 219 g/mol. The zero-order valence-corrected chi connectivity index (χ0v) is 9.86. The Hall–Kier alpha value is -0.350. The minimum absolute atomic E-state index is 0. The molecule has 1 aliphatic carbocycles. The Bertz CT molecular complexity index is 260. The summed E-state index contributed by atoms with van der Waals surface area (Å²) >= 11 is 0. The van der Waals surface area contributed by atoms with Gasteiger partial charge in [-0.05, 0) is 11.8 Å². The Morgan fingerprint density at radius 1 is 1.53 bits per heavy atom. The summed E-state index contributed by atoms with van der Waals surface area (Å²) in [6, 6.07) is -0.0307. The highest BCUT2D eigenvalue weighted by Gasteiger charge is 2.47. The van der Waals surface area contributed by atoms with Crippen molar-refractivity contribution in [1.29, 1.82) is 0 Å². The molecule has 88 valence electrons. The van der Waals surface area contributed by atoms with E-state index in [9.17, 15) is 9.18 Å². The molecule has 15 heavy (non-hydrogen) atoms. The van der Waals surface area contributed by atoms with Crippen LogP contribution in [0.25, 0.3) is 0 Å². The average molecular weight is 237 g/mol. The summed E-state index contributed by atoms with van der Waals surface area (Å²) in [5.41, 5.74) is 0.239. The van der Waals surface area contributed by atoms with Gasteiger partial charge in [-0.25, -0.2) is 4.39 Å². The Morgan fingerprint density at radius 2 is 2.13 bits per heavy atom. The molecule has 3 atom stereocenters. The molecule has 1 aliphatic heterocycles. The molecule has 5 heteroatoms. The van der Waals surface area contributed by atoms with Crippen molar-refractivity contribution in [3.05, 3.63) is 0 Å². The second kappa shape index (κ2) is 4.26. The van der Waals surface area contributed by atoms with E-state index in [0.29, 0.717) is 13.0 Å². The highest BCUT2D eigenvalue weighted by Crippen LogP contribution is 2.44. The molecule has 3 nitrogen and oxygen atoms in total. The maximum Gasteiger partial charge on any atom is 0.237 e. The number of carbonyl (C=O) groups excluding carboxylic acids is 1. The molecule has 0 aromatic heterocycles. The van der Waals surface area contributed by atoms with Crippen LogP contribution in [0.2, 0.25) is 0 Å². The predicted octanol–water partition coefficient (Wildman–Crippen LogP) is 1.02. The third kappa shape index (κ3) is 2.82. The molecule has 0 aromatic carbocycles. The number of hydrogen-bond acceptors (Lipinski definition) is 2. The van der Waals surface area contributed by atoms with Gasteiger partial charge in [0, 0.05) is 19.0 Å². The fraction of sp³-hybridized carbons (Fsp3) is 0.900. The van der Waals surface area contributed by atoms with E-state index in [0.717, 1.165) is 6.42 Å². The van der Waals surface area contributed by atoms with Crippen molar-refractivity contribution in [1.82, 2.24) is 10.6 Å². The SMILES string of the molecule is CC1(C)CC1NC(=O)[C@H]1C[C@H](F)CN1.Cl. The van der Waals surface area contributed by atoms with E-state index in [4.69, 9.17) is 0 Å². The van der Waals surface area contributed by atoms with Crippen LogP contribution in [0, 0.1) is 5.41 Å². The molecular formula is C10H18ClFN2O. The van der Waals surface area contributed by atoms with Crippen LogP contribution in [0.5, 0.6) is 0 Å². The van der Waals surface area contributed by atoms with Gasteiger partial charge in [-0.1, -0.05) is 13.8 Å². The van der Waals surface area contributed by atoms with E-state index in [2.05, 4.69) is 24.5 Å². The van der Waals surface area contributed by atoms with Crippen molar-refractivity contribution in [3.63, 3.8) is 0 Å². The molecule has 1 unspecified atom stereocenters. The smallest absolute Gasteiger partial charge is 0.237 e. The number of hydrogen-bond donors (Lipinski definition) is 2. The number of carbonyl (C=O) groups is 1. The molecule has 2 fully saturated rings. The lowest BCUT2D eigenvalue weighted by Crippen LogP contribution is -2.42. The lowest BCUT2D eigenvalue weighted by atomic mass is 10.1. The van der Waals surface area contributed by atoms with Gasteiger partial charge in [0.1, 0.15) is 6.17 Å². The molecule has 1 heterocycles. The lowest BCUT2D eigenvalue weighted by molar-refractivity contribution is -0.123. The minimum atomic E-state index is -0.863.